The molecule has 2 N–H and O–H groups in total. The molecule has 1 atom stereocenters. The normalized spacial score (nSPS) is 13.0. The first-order valence-corrected chi connectivity index (χ1v) is 7.04. The van der Waals surface area contributed by atoms with E-state index in [-0.39, 0.29) is 0 Å². The Labute approximate surface area is 122 Å². The largest absolute Gasteiger partial charge is 0.416 e. The molecular formula is C14H12F3NO2S. The van der Waals surface area contributed by atoms with Crippen LogP contribution in [0.2, 0.25) is 0 Å². The third-order valence-electron chi connectivity index (χ3n) is 2.95. The molecule has 2 aromatic carbocycles. The van der Waals surface area contributed by atoms with Crippen LogP contribution in [0.25, 0.3) is 11.1 Å². The van der Waals surface area contributed by atoms with Crippen LogP contribution in [-0.4, -0.2) is 8.76 Å². The first kappa shape index (κ1) is 15.5. The molecule has 21 heavy (non-hydrogen) atoms. The molecule has 0 aliphatic rings. The number of nitrogens with one attached hydrogen (secondary N) is 1. The second kappa shape index (κ2) is 5.87. The van der Waals surface area contributed by atoms with Crippen LogP contribution in [0.1, 0.15) is 11.1 Å². The van der Waals surface area contributed by atoms with Crippen molar-refractivity contribution in [1.82, 2.24) is 0 Å². The van der Waals surface area contributed by atoms with Gasteiger partial charge in [0.15, 0.2) is 0 Å². The third-order valence-corrected chi connectivity index (χ3v) is 3.37. The van der Waals surface area contributed by atoms with Gasteiger partial charge in [-0.15, -0.1) is 0 Å². The zero-order chi connectivity index (χ0) is 15.6. The summed E-state index contributed by atoms with van der Waals surface area (Å²) in [4.78, 5) is 0. The summed E-state index contributed by atoms with van der Waals surface area (Å²) in [6.07, 6.45) is -4.35. The van der Waals surface area contributed by atoms with E-state index in [2.05, 4.69) is 4.72 Å². The Morgan fingerprint density at radius 2 is 1.71 bits per heavy atom. The smallest absolute Gasteiger partial charge is 0.289 e. The minimum Gasteiger partial charge on any atom is -0.289 e. The molecule has 2 aromatic rings. The van der Waals surface area contributed by atoms with Crippen molar-refractivity contribution in [3.05, 3.63) is 53.6 Å². The summed E-state index contributed by atoms with van der Waals surface area (Å²) >= 11 is -2.16. The molecule has 0 amide bonds. The number of hydrogen-bond donors (Lipinski definition) is 2. The van der Waals surface area contributed by atoms with Crippen molar-refractivity contribution in [3.63, 3.8) is 0 Å². The summed E-state index contributed by atoms with van der Waals surface area (Å²) < 4.78 is 59.3. The summed E-state index contributed by atoms with van der Waals surface area (Å²) in [6.45, 7) is 1.78. The molecule has 0 spiro atoms. The van der Waals surface area contributed by atoms with Gasteiger partial charge < -0.3 is 0 Å². The van der Waals surface area contributed by atoms with Crippen LogP contribution in [0.5, 0.6) is 0 Å². The molecule has 3 nitrogen and oxygen atoms in total. The lowest BCUT2D eigenvalue weighted by molar-refractivity contribution is -0.137. The summed E-state index contributed by atoms with van der Waals surface area (Å²) in [5.74, 6) is 0. The average molecular weight is 315 g/mol. The molecule has 7 heteroatoms. The number of rotatable bonds is 3. The number of hydrogen-bond acceptors (Lipinski definition) is 1. The highest BCUT2D eigenvalue weighted by molar-refractivity contribution is 7.80. The zero-order valence-corrected chi connectivity index (χ0v) is 11.8. The number of benzene rings is 2. The molecule has 0 aliphatic carbocycles. The monoisotopic (exact) mass is 315 g/mol. The fraction of sp³-hybridized carbons (Fsp3) is 0.143. The van der Waals surface area contributed by atoms with Crippen molar-refractivity contribution in [2.24, 2.45) is 0 Å². The third kappa shape index (κ3) is 3.83. The van der Waals surface area contributed by atoms with Crippen LogP contribution < -0.4 is 4.72 Å². The molecule has 0 aromatic heterocycles. The van der Waals surface area contributed by atoms with Gasteiger partial charge in [-0.2, -0.15) is 13.2 Å². The van der Waals surface area contributed by atoms with E-state index in [4.69, 9.17) is 4.55 Å². The predicted molar refractivity (Wildman–Crippen MR) is 76.0 cm³/mol. The fourth-order valence-corrected chi connectivity index (χ4v) is 2.32. The number of alkyl halides is 3. The summed E-state index contributed by atoms with van der Waals surface area (Å²) in [6, 6.07) is 9.81. The van der Waals surface area contributed by atoms with E-state index in [0.29, 0.717) is 11.3 Å². The van der Waals surface area contributed by atoms with Gasteiger partial charge in [0, 0.05) is 5.69 Å². The lowest BCUT2D eigenvalue weighted by atomic mass is 9.99. The quantitative estimate of drug-likeness (QED) is 0.833. The Kier molecular flexibility index (Phi) is 4.34. The molecule has 0 fully saturated rings. The Hall–Kier alpha value is -1.86. The highest BCUT2D eigenvalue weighted by Crippen LogP contribution is 2.32. The fourth-order valence-electron chi connectivity index (χ4n) is 1.99. The van der Waals surface area contributed by atoms with Gasteiger partial charge >= 0.3 is 6.18 Å². The molecule has 0 radical (unpaired) electrons. The average Bonchev–Trinajstić information content (AvgIpc) is 2.37. The minimum atomic E-state index is -4.35. The highest BCUT2D eigenvalue weighted by Gasteiger charge is 2.29. The van der Waals surface area contributed by atoms with Gasteiger partial charge in [0.25, 0.3) is 11.3 Å². The van der Waals surface area contributed by atoms with Crippen LogP contribution in [0, 0.1) is 6.92 Å². The first-order chi connectivity index (χ1) is 9.77. The van der Waals surface area contributed by atoms with Crippen LogP contribution in [0.3, 0.4) is 0 Å². The van der Waals surface area contributed by atoms with Crippen LogP contribution in [0.4, 0.5) is 18.9 Å². The Bertz CT molecular complexity index is 669. The minimum absolute atomic E-state index is 0.462. The van der Waals surface area contributed by atoms with Gasteiger partial charge in [-0.1, -0.05) is 18.2 Å². The summed E-state index contributed by atoms with van der Waals surface area (Å²) in [5.41, 5.74) is 1.96. The summed E-state index contributed by atoms with van der Waals surface area (Å²) in [7, 11) is 0. The number of aryl methyl sites for hydroxylation is 1. The summed E-state index contributed by atoms with van der Waals surface area (Å²) in [5, 5.41) is 0. The van der Waals surface area contributed by atoms with E-state index in [0.717, 1.165) is 23.3 Å². The molecule has 2 rings (SSSR count). The second-order valence-corrected chi connectivity index (χ2v) is 5.16. The van der Waals surface area contributed by atoms with Gasteiger partial charge in [-0.25, -0.2) is 4.21 Å². The van der Waals surface area contributed by atoms with Crippen molar-refractivity contribution >= 4 is 17.0 Å². The maximum absolute atomic E-state index is 12.5. The zero-order valence-electron chi connectivity index (χ0n) is 10.9. The SMILES string of the molecule is Cc1cc(NS(=O)O)ccc1-c1ccc(C(F)(F)F)cc1. The van der Waals surface area contributed by atoms with E-state index in [1.165, 1.54) is 12.1 Å². The molecule has 0 saturated heterocycles. The maximum atomic E-state index is 12.5. The Morgan fingerprint density at radius 3 is 2.19 bits per heavy atom. The lowest BCUT2D eigenvalue weighted by Crippen LogP contribution is -2.04. The van der Waals surface area contributed by atoms with Crippen molar-refractivity contribution in [2.75, 3.05) is 4.72 Å². The van der Waals surface area contributed by atoms with Crippen molar-refractivity contribution in [3.8, 4) is 11.1 Å². The standard InChI is InChI=1S/C14H12F3NO2S/c1-9-8-12(18-21(19)20)6-7-13(9)10-2-4-11(5-3-10)14(15,16)17/h2-8,18H,1H3,(H,19,20). The Balaban J connectivity index is 2.32. The molecule has 1 unspecified atom stereocenters. The number of anilines is 1. The van der Waals surface area contributed by atoms with Gasteiger partial charge in [0.2, 0.25) is 0 Å². The predicted octanol–water partition coefficient (Wildman–Crippen LogP) is 4.23. The topological polar surface area (TPSA) is 49.3 Å². The van der Waals surface area contributed by atoms with Crippen LogP contribution in [0.15, 0.2) is 42.5 Å². The number of halogens is 3. The van der Waals surface area contributed by atoms with E-state index < -0.39 is 23.0 Å². The van der Waals surface area contributed by atoms with Gasteiger partial charge in [0.1, 0.15) is 0 Å². The van der Waals surface area contributed by atoms with Crippen LogP contribution >= 0.6 is 0 Å². The van der Waals surface area contributed by atoms with Crippen molar-refractivity contribution in [1.29, 1.82) is 0 Å². The van der Waals surface area contributed by atoms with E-state index in [1.54, 1.807) is 25.1 Å². The van der Waals surface area contributed by atoms with Crippen LogP contribution in [-0.2, 0) is 17.4 Å². The van der Waals surface area contributed by atoms with Crippen molar-refractivity contribution in [2.45, 2.75) is 13.1 Å². The van der Waals surface area contributed by atoms with Gasteiger partial charge in [-0.05, 0) is 47.9 Å². The molecule has 0 heterocycles. The molecule has 0 saturated carbocycles. The second-order valence-electron chi connectivity index (χ2n) is 4.46. The maximum Gasteiger partial charge on any atom is 0.416 e. The first-order valence-electron chi connectivity index (χ1n) is 5.93. The van der Waals surface area contributed by atoms with E-state index >= 15 is 0 Å². The molecular weight excluding hydrogens is 303 g/mol. The van der Waals surface area contributed by atoms with Gasteiger partial charge in [-0.3, -0.25) is 9.27 Å². The highest BCUT2D eigenvalue weighted by atomic mass is 32.2. The van der Waals surface area contributed by atoms with E-state index in [9.17, 15) is 17.4 Å². The van der Waals surface area contributed by atoms with Gasteiger partial charge in [0.05, 0.1) is 5.56 Å². The molecule has 112 valence electrons. The molecule has 0 bridgehead atoms. The lowest BCUT2D eigenvalue weighted by Gasteiger charge is -2.11. The Morgan fingerprint density at radius 1 is 1.10 bits per heavy atom. The van der Waals surface area contributed by atoms with Crippen molar-refractivity contribution < 1.29 is 21.9 Å². The van der Waals surface area contributed by atoms with E-state index in [1.807, 2.05) is 0 Å². The molecule has 0 aliphatic heterocycles.